The van der Waals surface area contributed by atoms with Crippen LogP contribution in [-0.4, -0.2) is 28.9 Å². The number of carbonyl (C=O) groups is 1. The molecule has 0 radical (unpaired) electrons. The molecule has 2 heterocycles. The summed E-state index contributed by atoms with van der Waals surface area (Å²) in [6.45, 7) is 3.98. The molecule has 4 heteroatoms. The molecule has 1 aromatic heterocycles. The highest BCUT2D eigenvalue weighted by atomic mass is 79.9. The van der Waals surface area contributed by atoms with Crippen molar-refractivity contribution in [3.05, 3.63) is 28.5 Å². The zero-order chi connectivity index (χ0) is 12.3. The van der Waals surface area contributed by atoms with Gasteiger partial charge in [0.2, 0.25) is 0 Å². The number of carbonyl (C=O) groups excluding carboxylic acids is 1. The van der Waals surface area contributed by atoms with Gasteiger partial charge in [0.15, 0.2) is 0 Å². The standard InChI is InChI=1S/C13H17BrN2O/c1-2-10-4-3-7-16(9-10)13(17)11-5-6-15-12(14)8-11/h5-6,8,10H,2-4,7,9H2,1H3. The fraction of sp³-hybridized carbons (Fsp3) is 0.538. The lowest BCUT2D eigenvalue weighted by Crippen LogP contribution is -2.39. The topological polar surface area (TPSA) is 33.2 Å². The summed E-state index contributed by atoms with van der Waals surface area (Å²) in [4.78, 5) is 18.3. The monoisotopic (exact) mass is 296 g/mol. The van der Waals surface area contributed by atoms with Gasteiger partial charge in [0.05, 0.1) is 0 Å². The van der Waals surface area contributed by atoms with Crippen LogP contribution in [0.15, 0.2) is 22.9 Å². The van der Waals surface area contributed by atoms with Gasteiger partial charge in [-0.15, -0.1) is 0 Å². The third-order valence-electron chi connectivity index (χ3n) is 3.36. The molecule has 1 atom stereocenters. The highest BCUT2D eigenvalue weighted by Crippen LogP contribution is 2.21. The van der Waals surface area contributed by atoms with Crippen molar-refractivity contribution < 1.29 is 4.79 Å². The van der Waals surface area contributed by atoms with E-state index in [4.69, 9.17) is 0 Å². The van der Waals surface area contributed by atoms with Crippen molar-refractivity contribution in [3.8, 4) is 0 Å². The van der Waals surface area contributed by atoms with E-state index in [1.165, 1.54) is 6.42 Å². The summed E-state index contributed by atoms with van der Waals surface area (Å²) in [5, 5.41) is 0. The van der Waals surface area contributed by atoms with Crippen LogP contribution in [0, 0.1) is 5.92 Å². The van der Waals surface area contributed by atoms with Gasteiger partial charge in [0, 0.05) is 24.8 Å². The lowest BCUT2D eigenvalue weighted by atomic mass is 9.95. The summed E-state index contributed by atoms with van der Waals surface area (Å²) >= 11 is 3.30. The van der Waals surface area contributed by atoms with Gasteiger partial charge in [-0.25, -0.2) is 4.98 Å². The normalized spacial score (nSPS) is 20.4. The van der Waals surface area contributed by atoms with Crippen LogP contribution in [0.3, 0.4) is 0 Å². The summed E-state index contributed by atoms with van der Waals surface area (Å²) < 4.78 is 0.715. The predicted molar refractivity (Wildman–Crippen MR) is 70.9 cm³/mol. The highest BCUT2D eigenvalue weighted by molar-refractivity contribution is 9.10. The second kappa shape index (κ2) is 5.63. The molecule has 1 saturated heterocycles. The SMILES string of the molecule is CCC1CCCN(C(=O)c2ccnc(Br)c2)C1. The van der Waals surface area contributed by atoms with Crippen LogP contribution in [0.5, 0.6) is 0 Å². The molecule has 0 aromatic carbocycles. The molecule has 1 aromatic rings. The number of aromatic nitrogens is 1. The van der Waals surface area contributed by atoms with Gasteiger partial charge in [0.1, 0.15) is 4.60 Å². The number of likely N-dealkylation sites (tertiary alicyclic amines) is 1. The first kappa shape index (κ1) is 12.6. The van der Waals surface area contributed by atoms with Crippen LogP contribution in [-0.2, 0) is 0 Å². The number of nitrogens with zero attached hydrogens (tertiary/aromatic N) is 2. The molecule has 0 aliphatic carbocycles. The summed E-state index contributed by atoms with van der Waals surface area (Å²) in [5.41, 5.74) is 0.726. The van der Waals surface area contributed by atoms with Crippen molar-refractivity contribution in [2.24, 2.45) is 5.92 Å². The van der Waals surface area contributed by atoms with Crippen LogP contribution < -0.4 is 0 Å². The van der Waals surface area contributed by atoms with E-state index in [0.29, 0.717) is 10.5 Å². The zero-order valence-corrected chi connectivity index (χ0v) is 11.6. The van der Waals surface area contributed by atoms with Crippen LogP contribution >= 0.6 is 15.9 Å². The lowest BCUT2D eigenvalue weighted by Gasteiger charge is -2.32. The van der Waals surface area contributed by atoms with Crippen molar-refractivity contribution in [1.29, 1.82) is 0 Å². The molecule has 0 N–H and O–H groups in total. The molecule has 1 aliphatic heterocycles. The Morgan fingerprint density at radius 3 is 3.18 bits per heavy atom. The highest BCUT2D eigenvalue weighted by Gasteiger charge is 2.23. The largest absolute Gasteiger partial charge is 0.338 e. The van der Waals surface area contributed by atoms with Crippen molar-refractivity contribution in [3.63, 3.8) is 0 Å². The Labute approximate surface area is 110 Å². The van der Waals surface area contributed by atoms with E-state index in [2.05, 4.69) is 27.8 Å². The zero-order valence-electron chi connectivity index (χ0n) is 10.0. The average Bonchev–Trinajstić information content (AvgIpc) is 2.38. The van der Waals surface area contributed by atoms with Crippen LogP contribution in [0.25, 0.3) is 0 Å². The molecule has 3 nitrogen and oxygen atoms in total. The Hall–Kier alpha value is -0.900. The Balaban J connectivity index is 2.09. The number of piperidine rings is 1. The number of pyridine rings is 1. The second-order valence-corrected chi connectivity index (χ2v) is 5.35. The van der Waals surface area contributed by atoms with Crippen LogP contribution in [0.2, 0.25) is 0 Å². The van der Waals surface area contributed by atoms with Crippen molar-refractivity contribution in [2.45, 2.75) is 26.2 Å². The number of amides is 1. The van der Waals surface area contributed by atoms with E-state index in [9.17, 15) is 4.79 Å². The Bertz CT molecular complexity index is 408. The second-order valence-electron chi connectivity index (χ2n) is 4.53. The lowest BCUT2D eigenvalue weighted by molar-refractivity contribution is 0.0671. The van der Waals surface area contributed by atoms with Gasteiger partial charge in [-0.2, -0.15) is 0 Å². The molecule has 0 saturated carbocycles. The number of hydrogen-bond donors (Lipinski definition) is 0. The minimum atomic E-state index is 0.131. The minimum absolute atomic E-state index is 0.131. The molecule has 1 fully saturated rings. The number of rotatable bonds is 2. The molecule has 2 rings (SSSR count). The Morgan fingerprint density at radius 2 is 2.47 bits per heavy atom. The van der Waals surface area contributed by atoms with Crippen LogP contribution in [0.4, 0.5) is 0 Å². The summed E-state index contributed by atoms with van der Waals surface area (Å²) in [6, 6.07) is 3.57. The van der Waals surface area contributed by atoms with Gasteiger partial charge in [-0.05, 0) is 46.8 Å². The minimum Gasteiger partial charge on any atom is -0.338 e. The van der Waals surface area contributed by atoms with Gasteiger partial charge in [-0.3, -0.25) is 4.79 Å². The molecule has 0 bridgehead atoms. The van der Waals surface area contributed by atoms with E-state index in [1.54, 1.807) is 18.3 Å². The fourth-order valence-corrected chi connectivity index (χ4v) is 2.67. The fourth-order valence-electron chi connectivity index (χ4n) is 2.30. The van der Waals surface area contributed by atoms with E-state index in [1.807, 2.05) is 4.90 Å². The molecule has 92 valence electrons. The van der Waals surface area contributed by atoms with Crippen molar-refractivity contribution >= 4 is 21.8 Å². The third kappa shape index (κ3) is 3.06. The molecule has 1 aliphatic rings. The predicted octanol–water partition coefficient (Wildman–Crippen LogP) is 3.11. The Morgan fingerprint density at radius 1 is 1.65 bits per heavy atom. The smallest absolute Gasteiger partial charge is 0.254 e. The summed E-state index contributed by atoms with van der Waals surface area (Å²) in [5.74, 6) is 0.796. The maximum absolute atomic E-state index is 12.3. The van der Waals surface area contributed by atoms with Gasteiger partial charge in [0.25, 0.3) is 5.91 Å². The van der Waals surface area contributed by atoms with Crippen molar-refractivity contribution in [2.75, 3.05) is 13.1 Å². The average molecular weight is 297 g/mol. The van der Waals surface area contributed by atoms with E-state index in [0.717, 1.165) is 31.5 Å². The molecule has 17 heavy (non-hydrogen) atoms. The molecule has 1 amide bonds. The maximum atomic E-state index is 12.3. The number of hydrogen-bond acceptors (Lipinski definition) is 2. The third-order valence-corrected chi connectivity index (χ3v) is 3.79. The molecule has 1 unspecified atom stereocenters. The van der Waals surface area contributed by atoms with E-state index >= 15 is 0 Å². The number of halogens is 1. The quantitative estimate of drug-likeness (QED) is 0.786. The first-order chi connectivity index (χ1) is 8.20. The van der Waals surface area contributed by atoms with Crippen molar-refractivity contribution in [1.82, 2.24) is 9.88 Å². The molecular weight excluding hydrogens is 280 g/mol. The molecular formula is C13H17BrN2O. The molecule has 0 spiro atoms. The van der Waals surface area contributed by atoms with Crippen LogP contribution in [0.1, 0.15) is 36.5 Å². The van der Waals surface area contributed by atoms with Gasteiger partial charge < -0.3 is 4.90 Å². The van der Waals surface area contributed by atoms with E-state index in [-0.39, 0.29) is 5.91 Å². The first-order valence-corrected chi connectivity index (χ1v) is 6.91. The van der Waals surface area contributed by atoms with Gasteiger partial charge in [-0.1, -0.05) is 13.3 Å². The summed E-state index contributed by atoms with van der Waals surface area (Å²) in [7, 11) is 0. The maximum Gasteiger partial charge on any atom is 0.254 e. The van der Waals surface area contributed by atoms with E-state index < -0.39 is 0 Å². The summed E-state index contributed by atoms with van der Waals surface area (Å²) in [6.07, 6.45) is 5.19. The van der Waals surface area contributed by atoms with Gasteiger partial charge >= 0.3 is 0 Å². The Kier molecular flexibility index (Phi) is 4.15. The first-order valence-electron chi connectivity index (χ1n) is 6.11.